The van der Waals surface area contributed by atoms with Gasteiger partial charge < -0.3 is 4.74 Å². The van der Waals surface area contributed by atoms with E-state index in [1.807, 2.05) is 0 Å². The molecule has 0 fully saturated rings. The van der Waals surface area contributed by atoms with E-state index in [0.717, 1.165) is 11.5 Å². The van der Waals surface area contributed by atoms with Crippen molar-refractivity contribution in [3.63, 3.8) is 0 Å². The number of fused-ring (bicyclic) bond motifs is 8. The van der Waals surface area contributed by atoms with Crippen LogP contribution in [0.15, 0.2) is 91.0 Å². The van der Waals surface area contributed by atoms with E-state index in [9.17, 15) is 0 Å². The summed E-state index contributed by atoms with van der Waals surface area (Å²) < 4.78 is 6.44. The second-order valence-corrected chi connectivity index (χ2v) is 9.06. The monoisotopic (exact) mass is 388 g/mol. The molecule has 6 rings (SSSR count). The Morgan fingerprint density at radius 3 is 1.67 bits per heavy atom. The molecule has 0 saturated heterocycles. The topological polar surface area (TPSA) is 9.23 Å². The lowest BCUT2D eigenvalue weighted by Crippen LogP contribution is -2.43. The fraction of sp³-hybridized carbons (Fsp3) is 0.172. The van der Waals surface area contributed by atoms with Gasteiger partial charge in [-0.05, 0) is 41.3 Å². The number of hydrogen-bond donors (Lipinski definition) is 0. The maximum atomic E-state index is 6.44. The number of aryl methyl sites for hydroxylation is 1. The minimum absolute atomic E-state index is 0.0737. The summed E-state index contributed by atoms with van der Waals surface area (Å²) in [6, 6.07) is 33.1. The Bertz CT molecular complexity index is 1260. The summed E-state index contributed by atoms with van der Waals surface area (Å²) in [7, 11) is 0. The third-order valence-corrected chi connectivity index (χ3v) is 7.06. The first-order valence-electron chi connectivity index (χ1n) is 10.6. The second-order valence-electron chi connectivity index (χ2n) is 9.06. The summed E-state index contributed by atoms with van der Waals surface area (Å²) >= 11 is 0. The van der Waals surface area contributed by atoms with Gasteiger partial charge in [-0.15, -0.1) is 0 Å². The Morgan fingerprint density at radius 1 is 0.533 bits per heavy atom. The normalized spacial score (nSPS) is 16.6. The van der Waals surface area contributed by atoms with Crippen LogP contribution in [0, 0.1) is 6.92 Å². The van der Waals surface area contributed by atoms with Gasteiger partial charge in [-0.2, -0.15) is 0 Å². The lowest BCUT2D eigenvalue weighted by atomic mass is 9.53. The van der Waals surface area contributed by atoms with Crippen LogP contribution in [0.1, 0.15) is 52.8 Å². The minimum atomic E-state index is -0.390. The zero-order valence-corrected chi connectivity index (χ0v) is 17.6. The average molecular weight is 389 g/mol. The average Bonchev–Trinajstić information content (AvgIpc) is 2.77. The second kappa shape index (κ2) is 5.86. The highest BCUT2D eigenvalue weighted by Gasteiger charge is 2.52. The molecule has 0 unspecified atom stereocenters. The molecule has 2 aliphatic rings. The van der Waals surface area contributed by atoms with Crippen LogP contribution in [0.3, 0.4) is 0 Å². The molecule has 1 spiro atoms. The molecule has 0 atom stereocenters. The highest BCUT2D eigenvalue weighted by Crippen LogP contribution is 2.61. The molecule has 4 aromatic carbocycles. The molecule has 0 radical (unpaired) electrons. The number of hydrogen-bond acceptors (Lipinski definition) is 1. The summed E-state index contributed by atoms with van der Waals surface area (Å²) in [5.41, 5.74) is 8.72. The maximum Gasteiger partial charge on any atom is 0.132 e. The molecule has 0 bridgehead atoms. The molecule has 1 heterocycles. The fourth-order valence-corrected chi connectivity index (χ4v) is 5.74. The van der Waals surface area contributed by atoms with Gasteiger partial charge >= 0.3 is 0 Å². The van der Waals surface area contributed by atoms with Crippen molar-refractivity contribution in [2.45, 2.75) is 31.6 Å². The fourth-order valence-electron chi connectivity index (χ4n) is 5.74. The molecule has 30 heavy (non-hydrogen) atoms. The molecule has 1 heteroatoms. The predicted octanol–water partition coefficient (Wildman–Crippen LogP) is 7.12. The molecule has 1 aliphatic heterocycles. The quantitative estimate of drug-likeness (QED) is 0.274. The third-order valence-electron chi connectivity index (χ3n) is 7.06. The summed E-state index contributed by atoms with van der Waals surface area (Å²) in [6.07, 6.45) is 0. The van der Waals surface area contributed by atoms with Gasteiger partial charge in [-0.25, -0.2) is 0 Å². The van der Waals surface area contributed by atoms with Gasteiger partial charge in [0.25, 0.3) is 0 Å². The van der Waals surface area contributed by atoms with Crippen LogP contribution in [-0.4, -0.2) is 0 Å². The first kappa shape index (κ1) is 17.5. The number of benzene rings is 4. The predicted molar refractivity (Wildman–Crippen MR) is 122 cm³/mol. The van der Waals surface area contributed by atoms with Crippen LogP contribution in [0.4, 0.5) is 0 Å². The van der Waals surface area contributed by atoms with Gasteiger partial charge in [-0.1, -0.05) is 98.3 Å². The Hall–Kier alpha value is -3.32. The van der Waals surface area contributed by atoms with E-state index in [4.69, 9.17) is 4.74 Å². The summed E-state index contributed by atoms with van der Waals surface area (Å²) in [6.45, 7) is 6.86. The van der Waals surface area contributed by atoms with E-state index < -0.39 is 0 Å². The van der Waals surface area contributed by atoms with Crippen molar-refractivity contribution in [3.8, 4) is 11.5 Å². The van der Waals surface area contributed by atoms with Crippen molar-refractivity contribution in [2.24, 2.45) is 0 Å². The van der Waals surface area contributed by atoms with Gasteiger partial charge in [0.2, 0.25) is 0 Å². The van der Waals surface area contributed by atoms with Crippen molar-refractivity contribution < 1.29 is 4.74 Å². The SMILES string of the molecule is Cc1ccc2c(c1)C1(c3ccccc3O2)c2ccccc2C(C)(C)c2ccccc21. The van der Waals surface area contributed by atoms with E-state index in [1.54, 1.807) is 0 Å². The van der Waals surface area contributed by atoms with Crippen molar-refractivity contribution in [2.75, 3.05) is 0 Å². The lowest BCUT2D eigenvalue weighted by Gasteiger charge is -2.50. The van der Waals surface area contributed by atoms with E-state index in [2.05, 4.69) is 112 Å². The van der Waals surface area contributed by atoms with E-state index in [1.165, 1.54) is 38.9 Å². The summed E-state index contributed by atoms with van der Waals surface area (Å²) in [4.78, 5) is 0. The molecule has 1 nitrogen and oxygen atoms in total. The van der Waals surface area contributed by atoms with Crippen LogP contribution in [0.5, 0.6) is 11.5 Å². The van der Waals surface area contributed by atoms with E-state index in [-0.39, 0.29) is 10.8 Å². The lowest BCUT2D eigenvalue weighted by molar-refractivity contribution is 0.425. The van der Waals surface area contributed by atoms with Crippen LogP contribution >= 0.6 is 0 Å². The highest BCUT2D eigenvalue weighted by atomic mass is 16.5. The van der Waals surface area contributed by atoms with Crippen LogP contribution < -0.4 is 4.74 Å². The van der Waals surface area contributed by atoms with Crippen molar-refractivity contribution in [3.05, 3.63) is 130 Å². The molecular formula is C29H24O. The summed E-state index contributed by atoms with van der Waals surface area (Å²) in [5, 5.41) is 0. The molecule has 1 aliphatic carbocycles. The molecule has 4 aromatic rings. The van der Waals surface area contributed by atoms with Crippen molar-refractivity contribution in [1.29, 1.82) is 0 Å². The molecule has 0 N–H and O–H groups in total. The minimum Gasteiger partial charge on any atom is -0.457 e. The highest BCUT2D eigenvalue weighted by molar-refractivity contribution is 5.75. The van der Waals surface area contributed by atoms with Crippen LogP contribution in [0.2, 0.25) is 0 Å². The third kappa shape index (κ3) is 2.02. The molecule has 146 valence electrons. The van der Waals surface area contributed by atoms with Crippen LogP contribution in [0.25, 0.3) is 0 Å². The van der Waals surface area contributed by atoms with Crippen molar-refractivity contribution in [1.82, 2.24) is 0 Å². The van der Waals surface area contributed by atoms with Crippen molar-refractivity contribution >= 4 is 0 Å². The Labute approximate surface area is 178 Å². The molecule has 0 saturated carbocycles. The maximum absolute atomic E-state index is 6.44. The van der Waals surface area contributed by atoms with Gasteiger partial charge in [0, 0.05) is 16.5 Å². The van der Waals surface area contributed by atoms with Gasteiger partial charge in [0.05, 0.1) is 5.41 Å². The first-order valence-corrected chi connectivity index (χ1v) is 10.6. The zero-order valence-electron chi connectivity index (χ0n) is 17.6. The number of ether oxygens (including phenoxy) is 1. The largest absolute Gasteiger partial charge is 0.457 e. The van der Waals surface area contributed by atoms with Crippen LogP contribution in [-0.2, 0) is 10.8 Å². The van der Waals surface area contributed by atoms with E-state index >= 15 is 0 Å². The molecular weight excluding hydrogens is 364 g/mol. The van der Waals surface area contributed by atoms with E-state index in [0.29, 0.717) is 0 Å². The molecule has 0 aromatic heterocycles. The Balaban J connectivity index is 1.88. The number of rotatable bonds is 0. The standard InChI is InChI=1S/C29H24O/c1-19-16-17-27-25(18-19)29(24-14-8-9-15-26(24)30-27)22-12-6-4-10-20(22)28(2,3)21-11-5-7-13-23(21)29/h4-18H,1-3H3. The number of para-hydroxylation sites is 1. The first-order chi connectivity index (χ1) is 14.5. The zero-order chi connectivity index (χ0) is 20.5. The van der Waals surface area contributed by atoms with Gasteiger partial charge in [0.15, 0.2) is 0 Å². The Kier molecular flexibility index (Phi) is 3.42. The summed E-state index contributed by atoms with van der Waals surface area (Å²) in [5.74, 6) is 1.89. The molecule has 0 amide bonds. The van der Waals surface area contributed by atoms with Gasteiger partial charge in [-0.3, -0.25) is 0 Å². The Morgan fingerprint density at radius 2 is 1.03 bits per heavy atom. The van der Waals surface area contributed by atoms with Gasteiger partial charge in [0.1, 0.15) is 11.5 Å². The smallest absolute Gasteiger partial charge is 0.132 e.